The third-order valence-electron chi connectivity index (χ3n) is 18.7. The van der Waals surface area contributed by atoms with E-state index in [2.05, 4.69) is 33.8 Å². The molecular formula is C43H70N2O13. The molecule has 6 aliphatic carbocycles. The van der Waals surface area contributed by atoms with Crippen molar-refractivity contribution < 1.29 is 64.2 Å². The van der Waals surface area contributed by atoms with E-state index in [-0.39, 0.29) is 25.0 Å². The van der Waals surface area contributed by atoms with Crippen LogP contribution in [0.15, 0.2) is 11.6 Å². The Morgan fingerprint density at radius 2 is 1.53 bits per heavy atom. The van der Waals surface area contributed by atoms with E-state index in [0.717, 1.165) is 12.0 Å². The van der Waals surface area contributed by atoms with Crippen LogP contribution in [0, 0.1) is 32.5 Å². The molecule has 8 aliphatic rings. The van der Waals surface area contributed by atoms with Crippen molar-refractivity contribution in [1.29, 1.82) is 0 Å². The molecule has 2 saturated heterocycles. The highest BCUT2D eigenvalue weighted by Crippen LogP contribution is 2.83. The number of carboxylic acids is 1. The number of carbonyl (C=O) groups is 1. The van der Waals surface area contributed by atoms with E-state index in [1.54, 1.807) is 13.8 Å². The van der Waals surface area contributed by atoms with E-state index < -0.39 is 117 Å². The van der Waals surface area contributed by atoms with E-state index in [1.807, 2.05) is 6.92 Å². The highest BCUT2D eigenvalue weighted by atomic mass is 16.8. The minimum atomic E-state index is -1.52. The fraction of sp³-hybridized carbons (Fsp3) is 0.930. The second-order valence-electron chi connectivity index (χ2n) is 21.3. The number of hydrogen-bond acceptors (Lipinski definition) is 14. The lowest BCUT2D eigenvalue weighted by molar-refractivity contribution is -0.369. The Morgan fingerprint density at radius 3 is 2.19 bits per heavy atom. The van der Waals surface area contributed by atoms with Crippen molar-refractivity contribution in [3.63, 3.8) is 0 Å². The van der Waals surface area contributed by atoms with Gasteiger partial charge in [0.25, 0.3) is 0 Å². The third-order valence-corrected chi connectivity index (χ3v) is 18.7. The molecule has 0 spiro atoms. The van der Waals surface area contributed by atoms with Crippen LogP contribution in [0.2, 0.25) is 0 Å². The number of aliphatic hydroxyl groups excluding tert-OH is 5. The molecule has 2 heterocycles. The average Bonchev–Trinajstić information content (AvgIpc) is 3.83. The van der Waals surface area contributed by atoms with Gasteiger partial charge in [-0.3, -0.25) is 4.79 Å². The molecule has 11 N–H and O–H groups in total. The van der Waals surface area contributed by atoms with E-state index in [4.69, 9.17) is 35.2 Å². The first-order valence-electron chi connectivity index (χ1n) is 21.7. The molecule has 2 aliphatic heterocycles. The molecule has 0 bridgehead atoms. The van der Waals surface area contributed by atoms with Crippen LogP contribution in [0.3, 0.4) is 0 Å². The van der Waals surface area contributed by atoms with Crippen LogP contribution >= 0.6 is 0 Å². The standard InChI is InChI=1S/C43H70N2O13/c1-8-54-29-26(48)23(2)56-31(28(29)50)57-30-27(49)24(47)19-55-32(30)58-40-17-13-37(7)42(45)10-9-25-35(5,36(42,6)14-18-43(37,53)39(40,21-40)22-46)12-16-38(33(51)52)15-11-34(3,4)20-41(25,38)44/h9,23-24,26-32,46-50,53H,8,10-22,44-45H2,1-7H3,(H,51,52)/t23?,24-,26-,27?,28?,29?,30?,31-,32-,35+,36-,37+,38+,39+,40+,41+,42+,43-/m0/s1. The summed E-state index contributed by atoms with van der Waals surface area (Å²) in [5.74, 6) is -0.836. The summed E-state index contributed by atoms with van der Waals surface area (Å²) in [5.41, 5.74) is 7.26. The quantitative estimate of drug-likeness (QED) is 0.125. The molecule has 5 unspecified atom stereocenters. The van der Waals surface area contributed by atoms with Crippen molar-refractivity contribution in [3.8, 4) is 0 Å². The first-order chi connectivity index (χ1) is 26.9. The Labute approximate surface area is 341 Å². The van der Waals surface area contributed by atoms with Crippen LogP contribution in [0.4, 0.5) is 0 Å². The maximum absolute atomic E-state index is 13.4. The molecule has 0 amide bonds. The maximum Gasteiger partial charge on any atom is 0.311 e. The molecular weight excluding hydrogens is 752 g/mol. The molecule has 8 rings (SSSR count). The lowest BCUT2D eigenvalue weighted by Crippen LogP contribution is -2.83. The zero-order valence-corrected chi connectivity index (χ0v) is 35.4. The fourth-order valence-corrected chi connectivity index (χ4v) is 14.7. The second kappa shape index (κ2) is 13.4. The van der Waals surface area contributed by atoms with Crippen LogP contribution in [0.5, 0.6) is 0 Å². The van der Waals surface area contributed by atoms with Gasteiger partial charge in [0.15, 0.2) is 12.6 Å². The van der Waals surface area contributed by atoms with E-state index in [9.17, 15) is 40.5 Å². The first-order valence-corrected chi connectivity index (χ1v) is 21.7. The largest absolute Gasteiger partial charge is 0.481 e. The number of rotatable bonds is 8. The van der Waals surface area contributed by atoms with Crippen LogP contribution in [0.1, 0.15) is 119 Å². The lowest BCUT2D eigenvalue weighted by Gasteiger charge is -2.76. The molecule has 5 saturated carbocycles. The second-order valence-corrected chi connectivity index (χ2v) is 21.3. The van der Waals surface area contributed by atoms with Crippen LogP contribution in [0.25, 0.3) is 0 Å². The van der Waals surface area contributed by atoms with Crippen molar-refractivity contribution >= 4 is 5.97 Å². The topological polar surface area (TPSA) is 257 Å². The minimum Gasteiger partial charge on any atom is -0.481 e. The summed E-state index contributed by atoms with van der Waals surface area (Å²) in [6.07, 6.45) is -4.02. The van der Waals surface area contributed by atoms with Crippen molar-refractivity contribution in [2.24, 2.45) is 44.0 Å². The fourth-order valence-electron chi connectivity index (χ4n) is 14.7. The van der Waals surface area contributed by atoms with Gasteiger partial charge in [0, 0.05) is 17.6 Å². The summed E-state index contributed by atoms with van der Waals surface area (Å²) in [6.45, 7) is 13.7. The SMILES string of the molecule is CCOC1C(O)[C@H](OC2C(O)[C@@H](O)CO[C@H]2O[C@@]23CC[C@]4(C)[C@@]5(N)CC=C6[C@]7(N)CC(C)(C)CC[C@]7(C(=O)O)CC[C@@]6(C)[C@]5(C)CC[C@@]4(O)[C@@]2(CO)C3)OC(C)[C@@H]1O. The molecule has 0 aromatic rings. The predicted octanol–water partition coefficient (Wildman–Crippen LogP) is 1.60. The number of nitrogens with two attached hydrogens (primary N) is 2. The number of ether oxygens (including phenoxy) is 5. The predicted molar refractivity (Wildman–Crippen MR) is 208 cm³/mol. The summed E-state index contributed by atoms with van der Waals surface area (Å²) < 4.78 is 30.5. The van der Waals surface area contributed by atoms with Crippen molar-refractivity contribution in [1.82, 2.24) is 0 Å². The number of aliphatic carboxylic acids is 1. The molecule has 15 nitrogen and oxygen atoms in total. The van der Waals surface area contributed by atoms with Gasteiger partial charge < -0.3 is 70.9 Å². The summed E-state index contributed by atoms with van der Waals surface area (Å²) in [6, 6.07) is 0. The van der Waals surface area contributed by atoms with E-state index >= 15 is 0 Å². The smallest absolute Gasteiger partial charge is 0.311 e. The molecule has 18 atom stereocenters. The van der Waals surface area contributed by atoms with Gasteiger partial charge in [0.1, 0.15) is 36.6 Å². The van der Waals surface area contributed by atoms with E-state index in [1.165, 1.54) is 0 Å². The summed E-state index contributed by atoms with van der Waals surface area (Å²) in [5, 5.41) is 79.5. The average molecular weight is 823 g/mol. The third kappa shape index (κ3) is 5.11. The monoisotopic (exact) mass is 822 g/mol. The van der Waals surface area contributed by atoms with Gasteiger partial charge in [-0.15, -0.1) is 0 Å². The summed E-state index contributed by atoms with van der Waals surface area (Å²) in [4.78, 5) is 13.2. The van der Waals surface area contributed by atoms with Crippen LogP contribution in [-0.2, 0) is 28.5 Å². The van der Waals surface area contributed by atoms with Crippen LogP contribution in [-0.4, -0.2) is 139 Å². The van der Waals surface area contributed by atoms with Crippen molar-refractivity contribution in [2.45, 2.75) is 197 Å². The molecule has 58 heavy (non-hydrogen) atoms. The lowest BCUT2D eigenvalue weighted by atomic mass is 9.30. The number of fused-ring (bicyclic) bond motifs is 9. The Hall–Kier alpha value is -1.31. The molecule has 7 fully saturated rings. The molecule has 0 radical (unpaired) electrons. The first kappa shape index (κ1) is 43.3. The van der Waals surface area contributed by atoms with Crippen LogP contribution < -0.4 is 11.5 Å². The van der Waals surface area contributed by atoms with Gasteiger partial charge in [-0.05, 0) is 106 Å². The molecule has 0 aromatic heterocycles. The normalized spacial score (nSPS) is 57.1. The van der Waals surface area contributed by atoms with Gasteiger partial charge in [0.05, 0.1) is 46.9 Å². The van der Waals surface area contributed by atoms with Gasteiger partial charge in [-0.1, -0.05) is 40.7 Å². The number of carboxylic acid groups (broad SMARTS) is 1. The molecule has 15 heteroatoms. The Morgan fingerprint density at radius 1 is 0.862 bits per heavy atom. The maximum atomic E-state index is 13.4. The zero-order valence-electron chi connectivity index (χ0n) is 35.4. The summed E-state index contributed by atoms with van der Waals surface area (Å²) in [7, 11) is 0. The van der Waals surface area contributed by atoms with Gasteiger partial charge in [0.2, 0.25) is 0 Å². The van der Waals surface area contributed by atoms with E-state index in [0.29, 0.717) is 57.8 Å². The van der Waals surface area contributed by atoms with Gasteiger partial charge in [-0.25, -0.2) is 0 Å². The molecule has 330 valence electrons. The minimum absolute atomic E-state index is 0.147. The van der Waals surface area contributed by atoms with Crippen molar-refractivity contribution in [3.05, 3.63) is 11.6 Å². The van der Waals surface area contributed by atoms with Gasteiger partial charge >= 0.3 is 5.97 Å². The Bertz CT molecular complexity index is 1700. The molecule has 0 aromatic carbocycles. The Balaban J connectivity index is 1.11. The Kier molecular flexibility index (Phi) is 9.98. The highest BCUT2D eigenvalue weighted by molar-refractivity contribution is 5.79. The summed E-state index contributed by atoms with van der Waals surface area (Å²) >= 11 is 0. The van der Waals surface area contributed by atoms with Crippen molar-refractivity contribution in [2.75, 3.05) is 19.8 Å². The number of aliphatic hydroxyl groups is 6. The highest BCUT2D eigenvalue weighted by Gasteiger charge is 2.88. The zero-order chi connectivity index (χ0) is 42.5. The van der Waals surface area contributed by atoms with Gasteiger partial charge in [-0.2, -0.15) is 0 Å². The number of hydrogen-bond donors (Lipinski definition) is 9.